The Kier molecular flexibility index (Phi) is 6.46. The summed E-state index contributed by atoms with van der Waals surface area (Å²) in [5, 5.41) is 23.7. The Labute approximate surface area is 225 Å². The highest BCUT2D eigenvalue weighted by Gasteiger charge is 2.75. The number of aliphatic hydroxyl groups is 2. The molecule has 4 N–H and O–H groups in total. The number of benzene rings is 1. The van der Waals surface area contributed by atoms with Crippen LogP contribution in [-0.2, 0) is 4.79 Å². The number of hydrogen-bond acceptors (Lipinski definition) is 6. The van der Waals surface area contributed by atoms with Gasteiger partial charge >= 0.3 is 0 Å². The van der Waals surface area contributed by atoms with Gasteiger partial charge in [-0.2, -0.15) is 0 Å². The van der Waals surface area contributed by atoms with Crippen molar-refractivity contribution in [2.24, 2.45) is 23.0 Å². The molecule has 9 nitrogen and oxygen atoms in total. The van der Waals surface area contributed by atoms with Gasteiger partial charge in [-0.1, -0.05) is 50.3 Å². The van der Waals surface area contributed by atoms with E-state index in [-0.39, 0.29) is 36.9 Å². The molecule has 2 heterocycles. The Bertz CT molecular complexity index is 1490. The van der Waals surface area contributed by atoms with Gasteiger partial charge in [0.1, 0.15) is 22.7 Å². The number of fused-ring (bicyclic) bond motifs is 2. The van der Waals surface area contributed by atoms with Crippen molar-refractivity contribution in [3.63, 3.8) is 0 Å². The second-order valence-corrected chi connectivity index (χ2v) is 11.5. The fourth-order valence-corrected chi connectivity index (χ4v) is 5.90. The van der Waals surface area contributed by atoms with Crippen molar-refractivity contribution < 1.29 is 19.8 Å². The van der Waals surface area contributed by atoms with Crippen molar-refractivity contribution in [2.45, 2.75) is 44.9 Å². The van der Waals surface area contributed by atoms with E-state index in [4.69, 9.17) is 17.3 Å². The summed E-state index contributed by atoms with van der Waals surface area (Å²) in [6.45, 7) is 5.91. The normalized spacial score (nSPS) is 25.9. The molecule has 0 spiro atoms. The summed E-state index contributed by atoms with van der Waals surface area (Å²) in [7, 11) is 0. The number of nitrogens with two attached hydrogens (primary N) is 1. The van der Waals surface area contributed by atoms with Crippen LogP contribution in [0.4, 0.5) is 0 Å². The second kappa shape index (κ2) is 9.38. The molecule has 5 rings (SSSR count). The van der Waals surface area contributed by atoms with E-state index in [1.165, 1.54) is 6.33 Å². The van der Waals surface area contributed by atoms with Gasteiger partial charge in [0.15, 0.2) is 0 Å². The molecular weight excluding hydrogens is 506 g/mol. The lowest BCUT2D eigenvalue weighted by atomic mass is 9.92. The molecule has 5 atom stereocenters. The lowest BCUT2D eigenvalue weighted by Crippen LogP contribution is -2.46. The maximum atomic E-state index is 13.3. The molecule has 1 unspecified atom stereocenters. The van der Waals surface area contributed by atoms with Crippen molar-refractivity contribution in [2.75, 3.05) is 13.1 Å². The molecule has 2 aliphatic carbocycles. The van der Waals surface area contributed by atoms with Crippen LogP contribution in [0.3, 0.4) is 0 Å². The molecule has 38 heavy (non-hydrogen) atoms. The van der Waals surface area contributed by atoms with Gasteiger partial charge in [0.2, 0.25) is 11.8 Å². The first-order valence-electron chi connectivity index (χ1n) is 12.5. The molecule has 0 bridgehead atoms. The monoisotopic (exact) mass is 535 g/mol. The lowest BCUT2D eigenvalue weighted by molar-refractivity contribution is -0.140. The molecule has 10 heteroatoms. The number of halogens is 1. The summed E-state index contributed by atoms with van der Waals surface area (Å²) in [5.74, 6) is 4.89. The molecular formula is C28H30ClN5O4. The van der Waals surface area contributed by atoms with Gasteiger partial charge in [0.25, 0.3) is 0 Å². The second-order valence-electron chi connectivity index (χ2n) is 11.2. The topological polar surface area (TPSA) is 135 Å². The molecule has 2 fully saturated rings. The summed E-state index contributed by atoms with van der Waals surface area (Å²) >= 11 is 6.18. The first kappa shape index (κ1) is 26.2. The minimum absolute atomic E-state index is 0.100. The number of amides is 2. The predicted octanol–water partition coefficient (Wildman–Crippen LogP) is 2.39. The van der Waals surface area contributed by atoms with Gasteiger partial charge < -0.3 is 25.4 Å². The smallest absolute Gasteiger partial charge is 0.248 e. The third kappa shape index (κ3) is 4.43. The molecule has 2 saturated carbocycles. The minimum atomic E-state index is -1.31. The standard InChI is InChI=1S/C28H30ClN5O4/c1-27(2,3)26(37)33(10-5-7-16-6-4-8-17(12-16)24(30)36)14-18-13-20-21(28(20,38)22(18)35)34-11-9-19-23(29)31-15-32-25(19)34/h4,6,8-9,11-12,15,18,20-22,35,38H,10,13-14H2,1-3H3,(H2,30,36)/t18-,20+,21?,22-,28-/m1/s1. The van der Waals surface area contributed by atoms with Crippen LogP contribution in [0.1, 0.15) is 49.2 Å². The zero-order valence-electron chi connectivity index (χ0n) is 21.4. The maximum absolute atomic E-state index is 13.3. The van der Waals surface area contributed by atoms with E-state index in [0.717, 1.165) is 0 Å². The summed E-state index contributed by atoms with van der Waals surface area (Å²) in [5.41, 5.74) is 4.98. The van der Waals surface area contributed by atoms with E-state index >= 15 is 0 Å². The van der Waals surface area contributed by atoms with Crippen molar-refractivity contribution in [1.82, 2.24) is 19.4 Å². The van der Waals surface area contributed by atoms with Crippen molar-refractivity contribution in [3.05, 3.63) is 59.1 Å². The zero-order valence-corrected chi connectivity index (χ0v) is 22.2. The molecule has 198 valence electrons. The van der Waals surface area contributed by atoms with Crippen LogP contribution in [0.2, 0.25) is 5.15 Å². The average molecular weight is 536 g/mol. The Morgan fingerprint density at radius 3 is 2.71 bits per heavy atom. The number of carbonyl (C=O) groups is 2. The van der Waals surface area contributed by atoms with Crippen LogP contribution in [0.15, 0.2) is 42.9 Å². The number of aliphatic hydroxyl groups excluding tert-OH is 1. The summed E-state index contributed by atoms with van der Waals surface area (Å²) in [6, 6.07) is 8.17. The highest BCUT2D eigenvalue weighted by molar-refractivity contribution is 6.33. The van der Waals surface area contributed by atoms with Crippen molar-refractivity contribution >= 4 is 34.4 Å². The van der Waals surface area contributed by atoms with Crippen LogP contribution in [-0.4, -0.2) is 66.3 Å². The minimum Gasteiger partial charge on any atom is -0.390 e. The third-order valence-electron chi connectivity index (χ3n) is 7.61. The number of nitrogens with zero attached hydrogens (tertiary/aromatic N) is 4. The predicted molar refractivity (Wildman–Crippen MR) is 142 cm³/mol. The molecule has 0 aliphatic heterocycles. The van der Waals surface area contributed by atoms with Gasteiger partial charge in [-0.15, -0.1) is 0 Å². The van der Waals surface area contributed by atoms with Gasteiger partial charge in [-0.05, 0) is 30.7 Å². The Hall–Kier alpha value is -3.45. The van der Waals surface area contributed by atoms with Gasteiger partial charge in [-0.25, -0.2) is 9.97 Å². The van der Waals surface area contributed by atoms with Gasteiger partial charge in [0.05, 0.1) is 24.1 Å². The highest BCUT2D eigenvalue weighted by atomic mass is 35.5. The van der Waals surface area contributed by atoms with E-state index < -0.39 is 23.0 Å². The highest BCUT2D eigenvalue weighted by Crippen LogP contribution is 2.66. The first-order chi connectivity index (χ1) is 17.9. The SMILES string of the molecule is CC(C)(C)C(=O)N(CC#Cc1cccc(C(N)=O)c1)C[C@H]1C[C@H]2C(n3ccc4c(Cl)ncnc43)[C@@]2(O)[C@@H]1O. The van der Waals surface area contributed by atoms with Crippen molar-refractivity contribution in [3.8, 4) is 11.8 Å². The van der Waals surface area contributed by atoms with Gasteiger partial charge in [0, 0.05) is 41.1 Å². The molecule has 2 aromatic heterocycles. The summed E-state index contributed by atoms with van der Waals surface area (Å²) in [6.07, 6.45) is 2.71. The van der Waals surface area contributed by atoms with E-state index in [1.807, 2.05) is 31.5 Å². The van der Waals surface area contributed by atoms with Crippen LogP contribution in [0.25, 0.3) is 11.0 Å². The van der Waals surface area contributed by atoms with E-state index in [9.17, 15) is 19.8 Å². The quantitative estimate of drug-likeness (QED) is 0.339. The number of hydrogen-bond donors (Lipinski definition) is 3. The van der Waals surface area contributed by atoms with Gasteiger partial charge in [-0.3, -0.25) is 9.59 Å². The maximum Gasteiger partial charge on any atom is 0.248 e. The number of carbonyl (C=O) groups excluding carboxylic acids is 2. The molecule has 1 aromatic carbocycles. The van der Waals surface area contributed by atoms with E-state index in [0.29, 0.717) is 33.7 Å². The largest absolute Gasteiger partial charge is 0.390 e. The van der Waals surface area contributed by atoms with Crippen molar-refractivity contribution in [1.29, 1.82) is 0 Å². The Morgan fingerprint density at radius 2 is 2.05 bits per heavy atom. The Balaban J connectivity index is 1.33. The molecule has 2 aliphatic rings. The first-order valence-corrected chi connectivity index (χ1v) is 12.9. The lowest BCUT2D eigenvalue weighted by Gasteiger charge is -2.33. The Morgan fingerprint density at radius 1 is 1.29 bits per heavy atom. The molecule has 0 saturated heterocycles. The van der Waals surface area contributed by atoms with Crippen LogP contribution in [0, 0.1) is 29.1 Å². The molecule has 2 amide bonds. The van der Waals surface area contributed by atoms with Crippen LogP contribution >= 0.6 is 11.6 Å². The summed E-state index contributed by atoms with van der Waals surface area (Å²) in [4.78, 5) is 34.7. The zero-order chi connectivity index (χ0) is 27.4. The number of primary amides is 1. The summed E-state index contributed by atoms with van der Waals surface area (Å²) < 4.78 is 1.86. The fraction of sp³-hybridized carbons (Fsp3) is 0.429. The fourth-order valence-electron chi connectivity index (χ4n) is 5.71. The van der Waals surface area contributed by atoms with E-state index in [2.05, 4.69) is 21.8 Å². The number of aromatic nitrogens is 3. The third-order valence-corrected chi connectivity index (χ3v) is 7.91. The van der Waals surface area contributed by atoms with Crippen LogP contribution in [0.5, 0.6) is 0 Å². The molecule has 3 aromatic rings. The molecule has 0 radical (unpaired) electrons. The van der Waals surface area contributed by atoms with E-state index in [1.54, 1.807) is 35.2 Å². The van der Waals surface area contributed by atoms with Crippen LogP contribution < -0.4 is 5.73 Å². The number of rotatable bonds is 5. The average Bonchev–Trinajstić information content (AvgIpc) is 3.12.